The summed E-state index contributed by atoms with van der Waals surface area (Å²) in [5, 5.41) is 0. The van der Waals surface area contributed by atoms with Crippen LogP contribution >= 0.6 is 0 Å². The first-order valence-corrected chi connectivity index (χ1v) is 8.24. The molecule has 0 fully saturated rings. The van der Waals surface area contributed by atoms with Gasteiger partial charge in [0.15, 0.2) is 24.0 Å². The maximum Gasteiger partial charge on any atom is 0.192 e. The van der Waals surface area contributed by atoms with Gasteiger partial charge in [-0.05, 0) is 13.0 Å². The highest BCUT2D eigenvalue weighted by Crippen LogP contribution is 2.39. The number of alkyl halides is 2. The third kappa shape index (κ3) is 3.36. The SMILES string of the molecule is C[C@]1(c2ccccc2F)N=C(CC(=O)c2ccccc2)O[C@@H](CF)[C@@H]1F. The van der Waals surface area contributed by atoms with E-state index in [4.69, 9.17) is 4.74 Å². The van der Waals surface area contributed by atoms with Gasteiger partial charge < -0.3 is 4.74 Å². The van der Waals surface area contributed by atoms with Gasteiger partial charge in [-0.2, -0.15) is 0 Å². The number of Topliss-reactive ketones (excluding diaryl/α,β-unsaturated/α-hetero) is 1. The Morgan fingerprint density at radius 3 is 2.46 bits per heavy atom. The number of rotatable bonds is 5. The molecule has 3 nitrogen and oxygen atoms in total. The Balaban J connectivity index is 1.97. The number of ether oxygens (including phenoxy) is 1. The molecule has 6 heteroatoms. The Morgan fingerprint density at radius 1 is 1.15 bits per heavy atom. The fraction of sp³-hybridized carbons (Fsp3) is 0.300. The smallest absolute Gasteiger partial charge is 0.192 e. The highest BCUT2D eigenvalue weighted by molar-refractivity contribution is 6.07. The standard InChI is InChI=1S/C20H18F3NO2/c1-20(14-9-5-6-10-15(14)22)19(23)17(12-21)26-18(24-20)11-16(25)13-7-3-2-4-8-13/h2-10,17,19H,11-12H2,1H3/t17-,19-,20+/m0/s1. The van der Waals surface area contributed by atoms with Crippen molar-refractivity contribution in [2.75, 3.05) is 6.67 Å². The van der Waals surface area contributed by atoms with Gasteiger partial charge in [-0.1, -0.05) is 48.5 Å². The van der Waals surface area contributed by atoms with Crippen molar-refractivity contribution in [3.8, 4) is 0 Å². The third-order valence-electron chi connectivity index (χ3n) is 4.49. The number of carbonyl (C=O) groups is 1. The summed E-state index contributed by atoms with van der Waals surface area (Å²) in [7, 11) is 0. The van der Waals surface area contributed by atoms with E-state index in [0.717, 1.165) is 0 Å². The van der Waals surface area contributed by atoms with Crippen LogP contribution in [0.3, 0.4) is 0 Å². The van der Waals surface area contributed by atoms with Gasteiger partial charge in [-0.15, -0.1) is 0 Å². The van der Waals surface area contributed by atoms with Crippen molar-refractivity contribution in [3.05, 3.63) is 71.5 Å². The number of halogens is 3. The number of nitrogens with zero attached hydrogens (tertiary/aromatic N) is 1. The van der Waals surface area contributed by atoms with Gasteiger partial charge in [-0.25, -0.2) is 18.2 Å². The number of benzene rings is 2. The van der Waals surface area contributed by atoms with Crippen molar-refractivity contribution in [2.45, 2.75) is 31.2 Å². The number of carbonyl (C=O) groups excluding carboxylic acids is 1. The van der Waals surface area contributed by atoms with Gasteiger partial charge in [0.1, 0.15) is 18.0 Å². The quantitative estimate of drug-likeness (QED) is 0.740. The Labute approximate surface area is 149 Å². The van der Waals surface area contributed by atoms with E-state index in [1.165, 1.54) is 25.1 Å². The van der Waals surface area contributed by atoms with E-state index >= 15 is 0 Å². The monoisotopic (exact) mass is 361 g/mol. The molecule has 1 heterocycles. The summed E-state index contributed by atoms with van der Waals surface area (Å²) < 4.78 is 47.7. The van der Waals surface area contributed by atoms with Crippen LogP contribution in [0.15, 0.2) is 59.6 Å². The van der Waals surface area contributed by atoms with Crippen LogP contribution in [-0.2, 0) is 10.3 Å². The highest BCUT2D eigenvalue weighted by Gasteiger charge is 2.48. The maximum absolute atomic E-state index is 14.9. The van der Waals surface area contributed by atoms with Gasteiger partial charge in [0.25, 0.3) is 0 Å². The number of hydrogen-bond acceptors (Lipinski definition) is 3. The minimum atomic E-state index is -1.89. The van der Waals surface area contributed by atoms with E-state index in [1.807, 2.05) is 0 Å². The van der Waals surface area contributed by atoms with E-state index in [0.29, 0.717) is 5.56 Å². The van der Waals surface area contributed by atoms with Gasteiger partial charge in [0.05, 0.1) is 6.42 Å². The first-order valence-electron chi connectivity index (χ1n) is 8.24. The molecule has 0 saturated heterocycles. The lowest BCUT2D eigenvalue weighted by molar-refractivity contribution is 0.00380. The van der Waals surface area contributed by atoms with Crippen molar-refractivity contribution < 1.29 is 22.7 Å². The molecule has 0 aromatic heterocycles. The summed E-state index contributed by atoms with van der Waals surface area (Å²) in [5.74, 6) is -1.04. The van der Waals surface area contributed by atoms with Gasteiger partial charge in [-0.3, -0.25) is 4.79 Å². The predicted octanol–water partition coefficient (Wildman–Crippen LogP) is 4.42. The molecule has 2 aromatic carbocycles. The van der Waals surface area contributed by atoms with Gasteiger partial charge >= 0.3 is 0 Å². The van der Waals surface area contributed by atoms with Crippen molar-refractivity contribution >= 4 is 11.7 Å². The second-order valence-electron chi connectivity index (χ2n) is 6.31. The summed E-state index contributed by atoms with van der Waals surface area (Å²) in [6.45, 7) is 0.276. The van der Waals surface area contributed by atoms with Gasteiger partial charge in [0.2, 0.25) is 0 Å². The zero-order chi connectivity index (χ0) is 18.7. The van der Waals surface area contributed by atoms with E-state index in [1.54, 1.807) is 36.4 Å². The fourth-order valence-corrected chi connectivity index (χ4v) is 3.08. The topological polar surface area (TPSA) is 38.7 Å². The molecule has 0 aliphatic carbocycles. The Morgan fingerprint density at radius 2 is 1.81 bits per heavy atom. The molecule has 0 N–H and O–H groups in total. The first kappa shape index (κ1) is 18.2. The molecular formula is C20H18F3NO2. The third-order valence-corrected chi connectivity index (χ3v) is 4.49. The minimum Gasteiger partial charge on any atom is -0.471 e. The zero-order valence-electron chi connectivity index (χ0n) is 14.2. The van der Waals surface area contributed by atoms with Crippen LogP contribution in [0.4, 0.5) is 13.2 Å². The van der Waals surface area contributed by atoms with Crippen LogP contribution in [0.25, 0.3) is 0 Å². The van der Waals surface area contributed by atoms with E-state index in [2.05, 4.69) is 4.99 Å². The van der Waals surface area contributed by atoms with Crippen LogP contribution in [0.1, 0.15) is 29.3 Å². The van der Waals surface area contributed by atoms with Crippen molar-refractivity contribution in [2.24, 2.45) is 4.99 Å². The molecule has 0 saturated carbocycles. The van der Waals surface area contributed by atoms with Crippen LogP contribution in [0.5, 0.6) is 0 Å². The molecule has 0 radical (unpaired) electrons. The molecular weight excluding hydrogens is 343 g/mol. The van der Waals surface area contributed by atoms with Crippen LogP contribution in [0.2, 0.25) is 0 Å². The molecule has 1 aliphatic rings. The summed E-state index contributed by atoms with van der Waals surface area (Å²) >= 11 is 0. The highest BCUT2D eigenvalue weighted by atomic mass is 19.1. The summed E-state index contributed by atoms with van der Waals surface area (Å²) in [6, 6.07) is 14.1. The van der Waals surface area contributed by atoms with Crippen LogP contribution in [-0.4, -0.2) is 30.6 Å². The van der Waals surface area contributed by atoms with E-state index in [9.17, 15) is 18.0 Å². The number of ketones is 1. The molecule has 136 valence electrons. The van der Waals surface area contributed by atoms with E-state index < -0.39 is 30.3 Å². The Kier molecular flexibility index (Phi) is 5.11. The van der Waals surface area contributed by atoms with Crippen molar-refractivity contribution in [1.29, 1.82) is 0 Å². The van der Waals surface area contributed by atoms with Gasteiger partial charge in [0, 0.05) is 11.1 Å². The second-order valence-corrected chi connectivity index (χ2v) is 6.31. The second kappa shape index (κ2) is 7.32. The molecule has 0 bridgehead atoms. The summed E-state index contributed by atoms with van der Waals surface area (Å²) in [5.41, 5.74) is -1.24. The normalized spacial score (nSPS) is 25.3. The average molecular weight is 361 g/mol. The average Bonchev–Trinajstić information content (AvgIpc) is 2.65. The number of aliphatic imine (C=N–C) groups is 1. The van der Waals surface area contributed by atoms with Crippen LogP contribution < -0.4 is 0 Å². The van der Waals surface area contributed by atoms with Crippen LogP contribution in [0, 0.1) is 5.82 Å². The molecule has 3 atom stereocenters. The predicted molar refractivity (Wildman–Crippen MR) is 92.3 cm³/mol. The molecule has 3 rings (SSSR count). The summed E-state index contributed by atoms with van der Waals surface area (Å²) in [6.07, 6.45) is -3.59. The lowest BCUT2D eigenvalue weighted by atomic mass is 9.84. The lowest BCUT2D eigenvalue weighted by Crippen LogP contribution is -2.49. The fourth-order valence-electron chi connectivity index (χ4n) is 3.08. The lowest BCUT2D eigenvalue weighted by Gasteiger charge is -2.38. The maximum atomic E-state index is 14.9. The zero-order valence-corrected chi connectivity index (χ0v) is 14.2. The van der Waals surface area contributed by atoms with Crippen molar-refractivity contribution in [3.63, 3.8) is 0 Å². The number of hydrogen-bond donors (Lipinski definition) is 0. The first-order chi connectivity index (χ1) is 12.5. The molecule has 0 spiro atoms. The Bertz CT molecular complexity index is 825. The molecule has 26 heavy (non-hydrogen) atoms. The van der Waals surface area contributed by atoms with E-state index in [-0.39, 0.29) is 23.7 Å². The molecule has 2 aromatic rings. The summed E-state index contributed by atoms with van der Waals surface area (Å²) in [4.78, 5) is 16.6. The Hall–Kier alpha value is -2.63. The molecule has 1 aliphatic heterocycles. The molecule has 0 unspecified atom stereocenters. The largest absolute Gasteiger partial charge is 0.471 e. The minimum absolute atomic E-state index is 0.00101. The van der Waals surface area contributed by atoms with Crippen molar-refractivity contribution in [1.82, 2.24) is 0 Å². The molecule has 0 amide bonds.